The van der Waals surface area contributed by atoms with E-state index in [2.05, 4.69) is 74.8 Å². The van der Waals surface area contributed by atoms with Crippen LogP contribution in [0.1, 0.15) is 30.1 Å². The normalized spacial score (nSPS) is 17.7. The third-order valence-corrected chi connectivity index (χ3v) is 4.65. The fourth-order valence-electron chi connectivity index (χ4n) is 3.18. The Labute approximate surface area is 150 Å². The van der Waals surface area contributed by atoms with E-state index in [-0.39, 0.29) is 23.1 Å². The molecule has 1 heterocycles. The van der Waals surface area contributed by atoms with Crippen LogP contribution in [-0.2, 0) is 4.74 Å². The van der Waals surface area contributed by atoms with Crippen molar-refractivity contribution in [1.82, 2.24) is 0 Å². The second-order valence-corrected chi connectivity index (χ2v) is 6.92. The average Bonchev–Trinajstić information content (AvgIpc) is 2.55. The molecule has 1 fully saturated rings. The summed E-state index contributed by atoms with van der Waals surface area (Å²) in [6, 6.07) is 21.2. The van der Waals surface area contributed by atoms with Crippen LogP contribution in [0, 0.1) is 0 Å². The third-order valence-electron chi connectivity index (χ3n) is 4.65. The molecule has 0 N–H and O–H groups in total. The van der Waals surface area contributed by atoms with E-state index in [1.165, 1.54) is 24.2 Å². The van der Waals surface area contributed by atoms with Gasteiger partial charge in [0.05, 0.1) is 33.3 Å². The first-order valence-electron chi connectivity index (χ1n) is 8.21. The van der Waals surface area contributed by atoms with Gasteiger partial charge in [-0.2, -0.15) is 0 Å². The first kappa shape index (κ1) is 18.2. The summed E-state index contributed by atoms with van der Waals surface area (Å²) in [6.07, 6.45) is 2.68. The quantitative estimate of drug-likeness (QED) is 0.725. The molecule has 0 atom stereocenters. The number of piperidine rings is 1. The maximum atomic E-state index is 6.55. The molecule has 0 amide bonds. The highest BCUT2D eigenvalue weighted by Crippen LogP contribution is 2.30. The summed E-state index contributed by atoms with van der Waals surface area (Å²) in [7, 11) is 4.62. The number of quaternary nitrogens is 1. The molecule has 124 valence electrons. The molecule has 1 saturated heterocycles. The van der Waals surface area contributed by atoms with E-state index in [9.17, 15) is 0 Å². The van der Waals surface area contributed by atoms with Crippen LogP contribution in [0.25, 0.3) is 0 Å². The first-order valence-corrected chi connectivity index (χ1v) is 8.21. The molecule has 1 aliphatic rings. The van der Waals surface area contributed by atoms with Gasteiger partial charge in [0, 0.05) is 12.8 Å². The highest BCUT2D eigenvalue weighted by molar-refractivity contribution is 5.29. The Morgan fingerprint density at radius 3 is 1.70 bits per heavy atom. The van der Waals surface area contributed by atoms with Gasteiger partial charge in [-0.05, 0) is 11.1 Å². The molecular weight excluding hydrogens is 350 g/mol. The summed E-state index contributed by atoms with van der Waals surface area (Å²) < 4.78 is 7.66. The fourth-order valence-corrected chi connectivity index (χ4v) is 3.18. The molecule has 0 aromatic heterocycles. The predicted octanol–water partition coefficient (Wildman–Crippen LogP) is 1.04. The Balaban J connectivity index is 0.00000192. The zero-order valence-corrected chi connectivity index (χ0v) is 15.6. The zero-order valence-electron chi connectivity index (χ0n) is 14.0. The van der Waals surface area contributed by atoms with Crippen LogP contribution in [0.4, 0.5) is 0 Å². The molecule has 0 radical (unpaired) electrons. The number of rotatable bonds is 4. The van der Waals surface area contributed by atoms with Gasteiger partial charge in [-0.1, -0.05) is 60.7 Å². The minimum atomic E-state index is 0. The number of likely N-dealkylation sites (tertiary alicyclic amines) is 1. The number of nitrogens with zero attached hydrogens (tertiary/aromatic N) is 1. The van der Waals surface area contributed by atoms with Gasteiger partial charge in [-0.3, -0.25) is 0 Å². The molecule has 1 aliphatic heterocycles. The third kappa shape index (κ3) is 4.90. The van der Waals surface area contributed by atoms with Crippen LogP contribution in [0.3, 0.4) is 0 Å². The summed E-state index contributed by atoms with van der Waals surface area (Å²) in [5, 5.41) is 0. The number of hydrogen-bond donors (Lipinski definition) is 0. The maximum Gasteiger partial charge on any atom is 0.108 e. The number of benzene rings is 2. The lowest BCUT2D eigenvalue weighted by Gasteiger charge is -2.38. The van der Waals surface area contributed by atoms with Gasteiger partial charge in [0.25, 0.3) is 0 Å². The van der Waals surface area contributed by atoms with Crippen molar-refractivity contribution < 1.29 is 26.2 Å². The fraction of sp³-hybridized carbons (Fsp3) is 0.400. The summed E-state index contributed by atoms with van der Waals surface area (Å²) in [6.45, 7) is 2.39. The SMILES string of the molecule is C[N+]1(C)CCC(OC(c2ccccc2)c2ccccc2)CC1.[Br-]. The summed E-state index contributed by atoms with van der Waals surface area (Å²) in [5.74, 6) is 0. The highest BCUT2D eigenvalue weighted by Gasteiger charge is 2.29. The molecule has 0 bridgehead atoms. The lowest BCUT2D eigenvalue weighted by atomic mass is 10.00. The van der Waals surface area contributed by atoms with E-state index >= 15 is 0 Å². The van der Waals surface area contributed by atoms with Crippen molar-refractivity contribution in [3.63, 3.8) is 0 Å². The second kappa shape index (κ2) is 8.09. The van der Waals surface area contributed by atoms with Gasteiger partial charge >= 0.3 is 0 Å². The molecule has 2 aromatic rings. The second-order valence-electron chi connectivity index (χ2n) is 6.92. The van der Waals surface area contributed by atoms with Gasteiger partial charge in [-0.15, -0.1) is 0 Å². The number of halogens is 1. The van der Waals surface area contributed by atoms with Crippen molar-refractivity contribution in [2.45, 2.75) is 25.0 Å². The Morgan fingerprint density at radius 2 is 1.26 bits per heavy atom. The Bertz CT molecular complexity index is 536. The molecule has 3 heteroatoms. The van der Waals surface area contributed by atoms with Crippen LogP contribution < -0.4 is 17.0 Å². The Hall–Kier alpha value is -1.16. The van der Waals surface area contributed by atoms with Crippen molar-refractivity contribution in [1.29, 1.82) is 0 Å². The number of hydrogen-bond acceptors (Lipinski definition) is 1. The van der Waals surface area contributed by atoms with Crippen LogP contribution in [0.15, 0.2) is 60.7 Å². The molecule has 2 nitrogen and oxygen atoms in total. The molecule has 0 spiro atoms. The van der Waals surface area contributed by atoms with Crippen LogP contribution >= 0.6 is 0 Å². The van der Waals surface area contributed by atoms with Crippen LogP contribution in [-0.4, -0.2) is 37.8 Å². The first-order chi connectivity index (χ1) is 10.6. The predicted molar refractivity (Wildman–Crippen MR) is 90.7 cm³/mol. The summed E-state index contributed by atoms with van der Waals surface area (Å²) >= 11 is 0. The van der Waals surface area contributed by atoms with Crippen molar-refractivity contribution in [3.05, 3.63) is 71.8 Å². The highest BCUT2D eigenvalue weighted by atomic mass is 79.9. The van der Waals surface area contributed by atoms with E-state index in [1.54, 1.807) is 0 Å². The van der Waals surface area contributed by atoms with Crippen molar-refractivity contribution in [2.75, 3.05) is 27.2 Å². The Morgan fingerprint density at radius 1 is 0.826 bits per heavy atom. The molecule has 23 heavy (non-hydrogen) atoms. The van der Waals surface area contributed by atoms with Gasteiger partial charge in [-0.25, -0.2) is 0 Å². The maximum absolute atomic E-state index is 6.55. The Kier molecular flexibility index (Phi) is 6.40. The van der Waals surface area contributed by atoms with E-state index in [0.717, 1.165) is 17.3 Å². The van der Waals surface area contributed by atoms with Gasteiger partial charge in [0.15, 0.2) is 0 Å². The average molecular weight is 376 g/mol. The van der Waals surface area contributed by atoms with Crippen LogP contribution in [0.2, 0.25) is 0 Å². The summed E-state index contributed by atoms with van der Waals surface area (Å²) in [5.41, 5.74) is 2.49. The lowest BCUT2D eigenvalue weighted by molar-refractivity contribution is -0.896. The molecule has 3 rings (SSSR count). The molecule has 0 aliphatic carbocycles. The lowest BCUT2D eigenvalue weighted by Crippen LogP contribution is -3.00. The van der Waals surface area contributed by atoms with Crippen molar-refractivity contribution >= 4 is 0 Å². The largest absolute Gasteiger partial charge is 1.00 e. The van der Waals surface area contributed by atoms with Gasteiger partial charge in [0.2, 0.25) is 0 Å². The van der Waals surface area contributed by atoms with E-state index < -0.39 is 0 Å². The molecule has 2 aromatic carbocycles. The van der Waals surface area contributed by atoms with Gasteiger partial charge < -0.3 is 26.2 Å². The summed E-state index contributed by atoms with van der Waals surface area (Å²) in [4.78, 5) is 0. The van der Waals surface area contributed by atoms with E-state index in [0.29, 0.717) is 6.10 Å². The topological polar surface area (TPSA) is 9.23 Å². The smallest absolute Gasteiger partial charge is 0.108 e. The minimum Gasteiger partial charge on any atom is -1.00 e. The molecule has 0 unspecified atom stereocenters. The minimum absolute atomic E-state index is 0. The molecule has 0 saturated carbocycles. The number of ether oxygens (including phenoxy) is 1. The monoisotopic (exact) mass is 375 g/mol. The zero-order chi connectivity index (χ0) is 15.4. The standard InChI is InChI=1S/C20H26NO.BrH/c1-21(2)15-13-19(14-16-21)22-20(17-9-5-3-6-10-17)18-11-7-4-8-12-18;/h3-12,19-20H,13-16H2,1-2H3;1H/q+1;/p-1. The van der Waals surface area contributed by atoms with E-state index in [1.807, 2.05) is 0 Å². The molecular formula is C20H26BrNO. The van der Waals surface area contributed by atoms with Crippen LogP contribution in [0.5, 0.6) is 0 Å². The van der Waals surface area contributed by atoms with E-state index in [4.69, 9.17) is 4.74 Å². The van der Waals surface area contributed by atoms with Gasteiger partial charge in [0.1, 0.15) is 6.10 Å². The van der Waals surface area contributed by atoms with Crippen molar-refractivity contribution in [2.24, 2.45) is 0 Å². The van der Waals surface area contributed by atoms with Crippen molar-refractivity contribution in [3.8, 4) is 0 Å².